The van der Waals surface area contributed by atoms with Gasteiger partial charge in [-0.25, -0.2) is 8.42 Å². The Morgan fingerprint density at radius 1 is 0.545 bits per heavy atom. The van der Waals surface area contributed by atoms with Crippen molar-refractivity contribution in [3.63, 3.8) is 0 Å². The molecule has 0 aliphatic heterocycles. The molecule has 0 spiro atoms. The van der Waals surface area contributed by atoms with E-state index in [1.807, 2.05) is 60.7 Å². The van der Waals surface area contributed by atoms with E-state index in [9.17, 15) is 18.9 Å². The van der Waals surface area contributed by atoms with Gasteiger partial charge in [-0.15, -0.1) is 0 Å². The van der Waals surface area contributed by atoms with E-state index in [0.29, 0.717) is 24.0 Å². The Kier molecular flexibility index (Phi) is 6.36. The molecule has 33 heavy (non-hydrogen) atoms. The molecule has 0 aliphatic carbocycles. The molecule has 0 bridgehead atoms. The van der Waals surface area contributed by atoms with Crippen molar-refractivity contribution >= 4 is 9.84 Å². The Hall–Kier alpha value is -4.19. The fourth-order valence-corrected chi connectivity index (χ4v) is 5.54. The number of hydrogen-bond donors (Lipinski definition) is 0. The second-order valence-electron chi connectivity index (χ2n) is 7.63. The minimum atomic E-state index is -4.10. The predicted octanol–water partition coefficient (Wildman–Crippen LogP) is 5.44. The van der Waals surface area contributed by atoms with Gasteiger partial charge in [0.2, 0.25) is 9.84 Å². The smallest absolute Gasteiger partial charge is 0.209 e. The van der Waals surface area contributed by atoms with Gasteiger partial charge in [0, 0.05) is 0 Å². The molecule has 0 radical (unpaired) electrons. The van der Waals surface area contributed by atoms with Gasteiger partial charge in [-0.1, -0.05) is 84.9 Å². The number of hydrogen-bond acceptors (Lipinski definition) is 4. The van der Waals surface area contributed by atoms with E-state index in [2.05, 4.69) is 12.1 Å². The lowest BCUT2D eigenvalue weighted by molar-refractivity contribution is 0.595. The van der Waals surface area contributed by atoms with Gasteiger partial charge in [-0.2, -0.15) is 10.5 Å². The van der Waals surface area contributed by atoms with Crippen LogP contribution < -0.4 is 0 Å². The zero-order valence-corrected chi connectivity index (χ0v) is 18.6. The van der Waals surface area contributed by atoms with Crippen LogP contribution in [0.1, 0.15) is 33.4 Å². The van der Waals surface area contributed by atoms with Gasteiger partial charge in [0.25, 0.3) is 0 Å². The lowest BCUT2D eigenvalue weighted by atomic mass is 10.0. The summed E-state index contributed by atoms with van der Waals surface area (Å²) >= 11 is 0. The van der Waals surface area contributed by atoms with Gasteiger partial charge >= 0.3 is 0 Å². The van der Waals surface area contributed by atoms with Crippen LogP contribution in [0.15, 0.2) is 107 Å². The summed E-state index contributed by atoms with van der Waals surface area (Å²) < 4.78 is 27.4. The van der Waals surface area contributed by atoms with Crippen LogP contribution >= 0.6 is 0 Å². The van der Waals surface area contributed by atoms with Crippen LogP contribution in [0, 0.1) is 22.7 Å². The van der Waals surface area contributed by atoms with Crippen LogP contribution in [0.3, 0.4) is 0 Å². The summed E-state index contributed by atoms with van der Waals surface area (Å²) in [4.78, 5) is -0.154. The first kappa shape index (κ1) is 22.0. The highest BCUT2D eigenvalue weighted by molar-refractivity contribution is 7.91. The normalized spacial score (nSPS) is 10.8. The van der Waals surface area contributed by atoms with E-state index in [-0.39, 0.29) is 20.9 Å². The third-order valence-corrected chi connectivity index (χ3v) is 7.34. The number of sulfone groups is 1. The van der Waals surface area contributed by atoms with Crippen LogP contribution in [-0.4, -0.2) is 8.42 Å². The van der Waals surface area contributed by atoms with Gasteiger partial charge in [-0.05, 0) is 47.2 Å². The quantitative estimate of drug-likeness (QED) is 0.393. The summed E-state index contributed by atoms with van der Waals surface area (Å²) in [6.07, 6.45) is 0.874. The first-order chi connectivity index (χ1) is 16.0. The van der Waals surface area contributed by atoms with Gasteiger partial charge in [-0.3, -0.25) is 0 Å². The Labute approximate surface area is 193 Å². The van der Waals surface area contributed by atoms with Gasteiger partial charge in [0.05, 0.1) is 20.9 Å². The maximum absolute atomic E-state index is 13.7. The van der Waals surface area contributed by atoms with Crippen molar-refractivity contribution in [3.05, 3.63) is 130 Å². The predicted molar refractivity (Wildman–Crippen MR) is 126 cm³/mol. The Balaban J connectivity index is 1.81. The topological polar surface area (TPSA) is 81.7 Å². The molecule has 4 aromatic carbocycles. The average molecular weight is 449 g/mol. The molecule has 0 fully saturated rings. The molecule has 160 valence electrons. The van der Waals surface area contributed by atoms with E-state index < -0.39 is 9.84 Å². The molecular formula is C28H20N2O2S. The van der Waals surface area contributed by atoms with Crippen molar-refractivity contribution in [2.75, 3.05) is 0 Å². The van der Waals surface area contributed by atoms with Crippen LogP contribution in [0.4, 0.5) is 0 Å². The highest BCUT2D eigenvalue weighted by Gasteiger charge is 2.27. The maximum atomic E-state index is 13.7. The van der Waals surface area contributed by atoms with E-state index >= 15 is 0 Å². The first-order valence-electron chi connectivity index (χ1n) is 10.4. The molecule has 0 aromatic heterocycles. The molecule has 4 nitrogen and oxygen atoms in total. The van der Waals surface area contributed by atoms with Crippen molar-refractivity contribution in [1.82, 2.24) is 0 Å². The summed E-state index contributed by atoms with van der Waals surface area (Å²) in [6.45, 7) is 0. The maximum Gasteiger partial charge on any atom is 0.209 e. The highest BCUT2D eigenvalue weighted by atomic mass is 32.2. The van der Waals surface area contributed by atoms with Crippen LogP contribution in [-0.2, 0) is 22.7 Å². The molecule has 0 unspecified atom stereocenters. The number of nitriles is 2. The Morgan fingerprint density at radius 2 is 0.939 bits per heavy atom. The molecule has 5 heteroatoms. The summed E-state index contributed by atoms with van der Waals surface area (Å²) in [5.41, 5.74) is 3.43. The minimum Gasteiger partial charge on any atom is -0.218 e. The van der Waals surface area contributed by atoms with E-state index in [1.165, 1.54) is 12.1 Å². The molecular weight excluding hydrogens is 428 g/mol. The van der Waals surface area contributed by atoms with Crippen molar-refractivity contribution < 1.29 is 8.42 Å². The molecule has 0 saturated carbocycles. The largest absolute Gasteiger partial charge is 0.218 e. The fourth-order valence-electron chi connectivity index (χ4n) is 3.90. The van der Waals surface area contributed by atoms with Gasteiger partial charge < -0.3 is 0 Å². The van der Waals surface area contributed by atoms with E-state index in [0.717, 1.165) is 11.1 Å². The van der Waals surface area contributed by atoms with Crippen molar-refractivity contribution in [2.24, 2.45) is 0 Å². The lowest BCUT2D eigenvalue weighted by Crippen LogP contribution is -2.10. The molecule has 0 heterocycles. The second-order valence-corrected chi connectivity index (χ2v) is 9.52. The standard InChI is InChI=1S/C28H20N2O2S/c29-19-25-23(17-21-9-3-1-4-10-21)13-7-15-27(25)33(31,32)28-16-8-14-24(26(28)20-30)18-22-11-5-2-6-12-22/h1-16H,17-18H2. The molecule has 0 atom stereocenters. The number of nitrogens with zero attached hydrogens (tertiary/aromatic N) is 2. The lowest BCUT2D eigenvalue weighted by Gasteiger charge is -2.13. The third kappa shape index (κ3) is 4.55. The SMILES string of the molecule is N#Cc1c(Cc2ccccc2)cccc1S(=O)(=O)c1cccc(Cc2ccccc2)c1C#N. The molecule has 4 aromatic rings. The van der Waals surface area contributed by atoms with Crippen molar-refractivity contribution in [1.29, 1.82) is 10.5 Å². The zero-order valence-electron chi connectivity index (χ0n) is 17.8. The van der Waals surface area contributed by atoms with Gasteiger partial charge in [0.15, 0.2) is 0 Å². The molecule has 4 rings (SSSR count). The summed E-state index contributed by atoms with van der Waals surface area (Å²) in [6, 6.07) is 33.0. The van der Waals surface area contributed by atoms with E-state index in [4.69, 9.17) is 0 Å². The van der Waals surface area contributed by atoms with E-state index in [1.54, 1.807) is 24.3 Å². The fraction of sp³-hybridized carbons (Fsp3) is 0.0714. The van der Waals surface area contributed by atoms with Crippen molar-refractivity contribution in [2.45, 2.75) is 22.6 Å². The highest BCUT2D eigenvalue weighted by Crippen LogP contribution is 2.31. The second kappa shape index (κ2) is 9.53. The van der Waals surface area contributed by atoms with Gasteiger partial charge in [0.1, 0.15) is 12.1 Å². The van der Waals surface area contributed by atoms with Crippen LogP contribution in [0.5, 0.6) is 0 Å². The summed E-state index contributed by atoms with van der Waals surface area (Å²) in [7, 11) is -4.10. The molecule has 0 aliphatic rings. The van der Waals surface area contributed by atoms with Crippen molar-refractivity contribution in [3.8, 4) is 12.1 Å². The average Bonchev–Trinajstić information content (AvgIpc) is 2.85. The summed E-state index contributed by atoms with van der Waals surface area (Å²) in [5, 5.41) is 19.8. The third-order valence-electron chi connectivity index (χ3n) is 5.50. The molecule has 0 amide bonds. The number of benzene rings is 4. The zero-order chi connectivity index (χ0) is 23.3. The minimum absolute atomic E-state index is 0.0770. The molecule has 0 saturated heterocycles. The Morgan fingerprint density at radius 3 is 1.30 bits per heavy atom. The van der Waals surface area contributed by atoms with Crippen LogP contribution in [0.2, 0.25) is 0 Å². The monoisotopic (exact) mass is 448 g/mol. The first-order valence-corrected chi connectivity index (χ1v) is 11.9. The summed E-state index contributed by atoms with van der Waals surface area (Å²) in [5.74, 6) is 0. The molecule has 0 N–H and O–H groups in total. The number of rotatable bonds is 6. The van der Waals surface area contributed by atoms with Crippen LogP contribution in [0.25, 0.3) is 0 Å². The Bertz CT molecular complexity index is 1370.